The molecule has 7 nitrogen and oxygen atoms in total. The van der Waals surface area contributed by atoms with E-state index in [1.807, 2.05) is 27.7 Å². The fourth-order valence-electron chi connectivity index (χ4n) is 2.07. The largest absolute Gasteiger partial charge is 0.461 e. The van der Waals surface area contributed by atoms with Gasteiger partial charge in [-0.1, -0.05) is 5.21 Å². The molecular weight excluding hydrogens is 260 g/mol. The molecule has 0 aliphatic rings. The molecule has 0 aliphatic heterocycles. The van der Waals surface area contributed by atoms with Gasteiger partial charge in [0.1, 0.15) is 6.54 Å². The quantitative estimate of drug-likeness (QED) is 0.730. The Kier molecular flexibility index (Phi) is 5.66. The second-order valence-electron chi connectivity index (χ2n) is 5.01. The van der Waals surface area contributed by atoms with Crippen LogP contribution in [-0.2, 0) is 16.1 Å². The van der Waals surface area contributed by atoms with Crippen molar-refractivity contribution in [3.8, 4) is 0 Å². The molecule has 0 unspecified atom stereocenters. The maximum absolute atomic E-state index is 12.2. The zero-order chi connectivity index (χ0) is 15.3. The summed E-state index contributed by atoms with van der Waals surface area (Å²) in [6.45, 7) is 9.90. The molecule has 0 radical (unpaired) electrons. The molecule has 0 bridgehead atoms. The van der Waals surface area contributed by atoms with E-state index < -0.39 is 5.97 Å². The Morgan fingerprint density at radius 2 is 1.90 bits per heavy atom. The maximum Gasteiger partial charge on any atom is 0.360 e. The Bertz CT molecular complexity index is 460. The van der Waals surface area contributed by atoms with Crippen LogP contribution in [0.3, 0.4) is 0 Å². The summed E-state index contributed by atoms with van der Waals surface area (Å²) < 4.78 is 6.17. The van der Waals surface area contributed by atoms with Gasteiger partial charge in [0.2, 0.25) is 5.91 Å². The minimum Gasteiger partial charge on any atom is -0.461 e. The van der Waals surface area contributed by atoms with Crippen LogP contribution in [0.4, 0.5) is 0 Å². The Morgan fingerprint density at radius 1 is 1.30 bits per heavy atom. The number of carbonyl (C=O) groups excluding carboxylic acids is 2. The molecular formula is C13H22N4O3. The topological polar surface area (TPSA) is 77.3 Å². The van der Waals surface area contributed by atoms with Gasteiger partial charge in [-0.25, -0.2) is 9.48 Å². The first-order valence-corrected chi connectivity index (χ1v) is 6.75. The van der Waals surface area contributed by atoms with Crippen LogP contribution in [-0.4, -0.2) is 50.5 Å². The molecule has 0 saturated carbocycles. The van der Waals surface area contributed by atoms with Crippen LogP contribution in [0.15, 0.2) is 6.20 Å². The molecule has 1 rings (SSSR count). The zero-order valence-electron chi connectivity index (χ0n) is 12.7. The summed E-state index contributed by atoms with van der Waals surface area (Å²) in [5.74, 6) is -0.592. The fraction of sp³-hybridized carbons (Fsp3) is 0.692. The number of carbonyl (C=O) groups is 2. The average Bonchev–Trinajstić information content (AvgIpc) is 2.76. The lowest BCUT2D eigenvalue weighted by Gasteiger charge is -2.30. The molecule has 0 N–H and O–H groups in total. The van der Waals surface area contributed by atoms with Crippen molar-refractivity contribution in [2.75, 3.05) is 6.61 Å². The van der Waals surface area contributed by atoms with E-state index in [0.717, 1.165) is 0 Å². The number of aromatic nitrogens is 3. The third-order valence-electron chi connectivity index (χ3n) is 2.72. The molecule has 0 atom stereocenters. The summed E-state index contributed by atoms with van der Waals surface area (Å²) in [6.07, 6.45) is 1.43. The standard InChI is InChI=1S/C13H22N4O3/c1-6-20-13(19)11-7-16(15-14-11)8-12(18)17(9(2)3)10(4)5/h7,9-10H,6,8H2,1-5H3. The maximum atomic E-state index is 12.2. The molecule has 1 aromatic heterocycles. The molecule has 0 aromatic carbocycles. The van der Waals surface area contributed by atoms with Crippen molar-refractivity contribution in [2.24, 2.45) is 0 Å². The van der Waals surface area contributed by atoms with Gasteiger partial charge in [0, 0.05) is 12.1 Å². The van der Waals surface area contributed by atoms with Crippen LogP contribution < -0.4 is 0 Å². The smallest absolute Gasteiger partial charge is 0.360 e. The third-order valence-corrected chi connectivity index (χ3v) is 2.72. The van der Waals surface area contributed by atoms with Gasteiger partial charge in [-0.05, 0) is 34.6 Å². The number of nitrogens with zero attached hydrogens (tertiary/aromatic N) is 4. The van der Waals surface area contributed by atoms with Crippen LogP contribution in [0.2, 0.25) is 0 Å². The second-order valence-corrected chi connectivity index (χ2v) is 5.01. The van der Waals surface area contributed by atoms with E-state index in [4.69, 9.17) is 4.74 Å². The molecule has 112 valence electrons. The van der Waals surface area contributed by atoms with Crippen molar-refractivity contribution in [1.29, 1.82) is 0 Å². The molecule has 1 heterocycles. The van der Waals surface area contributed by atoms with E-state index in [1.165, 1.54) is 10.9 Å². The highest BCUT2D eigenvalue weighted by Gasteiger charge is 2.21. The molecule has 1 aromatic rings. The number of hydrogen-bond donors (Lipinski definition) is 0. The van der Waals surface area contributed by atoms with Gasteiger partial charge in [-0.15, -0.1) is 5.10 Å². The first kappa shape index (κ1) is 16.1. The Hall–Kier alpha value is -1.92. The molecule has 20 heavy (non-hydrogen) atoms. The van der Waals surface area contributed by atoms with E-state index in [-0.39, 0.29) is 36.8 Å². The zero-order valence-corrected chi connectivity index (χ0v) is 12.7. The van der Waals surface area contributed by atoms with Gasteiger partial charge in [0.25, 0.3) is 0 Å². The van der Waals surface area contributed by atoms with E-state index in [0.29, 0.717) is 0 Å². The van der Waals surface area contributed by atoms with Gasteiger partial charge in [0.05, 0.1) is 12.8 Å². The van der Waals surface area contributed by atoms with Crippen molar-refractivity contribution in [3.63, 3.8) is 0 Å². The minimum atomic E-state index is -0.532. The Morgan fingerprint density at radius 3 is 2.40 bits per heavy atom. The highest BCUT2D eigenvalue weighted by atomic mass is 16.5. The molecule has 0 fully saturated rings. The van der Waals surface area contributed by atoms with Crippen molar-refractivity contribution < 1.29 is 14.3 Å². The number of ether oxygens (including phenoxy) is 1. The molecule has 0 aliphatic carbocycles. The summed E-state index contributed by atoms with van der Waals surface area (Å²) in [5, 5.41) is 7.48. The lowest BCUT2D eigenvalue weighted by molar-refractivity contribution is -0.135. The van der Waals surface area contributed by atoms with Crippen molar-refractivity contribution >= 4 is 11.9 Å². The van der Waals surface area contributed by atoms with Crippen molar-refractivity contribution in [2.45, 2.75) is 53.2 Å². The van der Waals surface area contributed by atoms with Crippen LogP contribution in [0.5, 0.6) is 0 Å². The van der Waals surface area contributed by atoms with Gasteiger partial charge in [-0.2, -0.15) is 0 Å². The highest BCUT2D eigenvalue weighted by molar-refractivity contribution is 5.86. The minimum absolute atomic E-state index is 0.0583. The SMILES string of the molecule is CCOC(=O)c1cn(CC(=O)N(C(C)C)C(C)C)nn1. The predicted octanol–water partition coefficient (Wildman–Crippen LogP) is 1.10. The highest BCUT2D eigenvalue weighted by Crippen LogP contribution is 2.07. The lowest BCUT2D eigenvalue weighted by Crippen LogP contribution is -2.43. The first-order chi connectivity index (χ1) is 9.36. The van der Waals surface area contributed by atoms with E-state index in [1.54, 1.807) is 11.8 Å². The summed E-state index contributed by atoms with van der Waals surface area (Å²) >= 11 is 0. The van der Waals surface area contributed by atoms with Crippen LogP contribution in [0.25, 0.3) is 0 Å². The number of hydrogen-bond acceptors (Lipinski definition) is 5. The van der Waals surface area contributed by atoms with E-state index >= 15 is 0 Å². The Balaban J connectivity index is 2.73. The normalized spacial score (nSPS) is 10.9. The van der Waals surface area contributed by atoms with Crippen LogP contribution in [0, 0.1) is 0 Å². The van der Waals surface area contributed by atoms with Gasteiger partial charge < -0.3 is 9.64 Å². The number of amides is 1. The Labute approximate surface area is 118 Å². The predicted molar refractivity (Wildman–Crippen MR) is 73.1 cm³/mol. The molecule has 0 saturated heterocycles. The van der Waals surface area contributed by atoms with Gasteiger partial charge in [0.15, 0.2) is 5.69 Å². The second kappa shape index (κ2) is 7.02. The fourth-order valence-corrected chi connectivity index (χ4v) is 2.07. The van der Waals surface area contributed by atoms with Crippen molar-refractivity contribution in [1.82, 2.24) is 19.9 Å². The van der Waals surface area contributed by atoms with Crippen LogP contribution >= 0.6 is 0 Å². The summed E-state index contributed by atoms with van der Waals surface area (Å²) in [6, 6.07) is 0.214. The summed E-state index contributed by atoms with van der Waals surface area (Å²) in [7, 11) is 0. The summed E-state index contributed by atoms with van der Waals surface area (Å²) in [5.41, 5.74) is 0.111. The number of rotatable bonds is 6. The summed E-state index contributed by atoms with van der Waals surface area (Å²) in [4.78, 5) is 25.5. The molecule has 0 spiro atoms. The first-order valence-electron chi connectivity index (χ1n) is 6.75. The average molecular weight is 282 g/mol. The van der Waals surface area contributed by atoms with Gasteiger partial charge >= 0.3 is 5.97 Å². The molecule has 1 amide bonds. The van der Waals surface area contributed by atoms with Gasteiger partial charge in [-0.3, -0.25) is 4.79 Å². The molecule has 7 heteroatoms. The van der Waals surface area contributed by atoms with Crippen LogP contribution in [0.1, 0.15) is 45.1 Å². The monoisotopic (exact) mass is 282 g/mol. The van der Waals surface area contributed by atoms with E-state index in [9.17, 15) is 9.59 Å². The van der Waals surface area contributed by atoms with E-state index in [2.05, 4.69) is 10.3 Å². The third kappa shape index (κ3) is 4.04. The van der Waals surface area contributed by atoms with Crippen molar-refractivity contribution in [3.05, 3.63) is 11.9 Å². The number of esters is 1. The lowest BCUT2D eigenvalue weighted by atomic mass is 10.2.